The summed E-state index contributed by atoms with van der Waals surface area (Å²) in [7, 11) is 0. The van der Waals surface area contributed by atoms with Crippen molar-refractivity contribution in [2.24, 2.45) is 0 Å². The van der Waals surface area contributed by atoms with Gasteiger partial charge in [0.15, 0.2) is 0 Å². The first-order chi connectivity index (χ1) is 10.1. The lowest BCUT2D eigenvalue weighted by Crippen LogP contribution is -2.38. The van der Waals surface area contributed by atoms with E-state index in [4.69, 9.17) is 0 Å². The Balaban J connectivity index is 1.75. The van der Waals surface area contributed by atoms with Crippen molar-refractivity contribution in [3.8, 4) is 0 Å². The number of halogens is 1. The van der Waals surface area contributed by atoms with Crippen LogP contribution in [0.15, 0.2) is 54.6 Å². The number of rotatable bonds is 5. The van der Waals surface area contributed by atoms with Crippen LogP contribution in [-0.4, -0.2) is 12.6 Å². The van der Waals surface area contributed by atoms with E-state index in [2.05, 4.69) is 10.6 Å². The molecule has 2 aromatic carbocycles. The molecule has 21 heavy (non-hydrogen) atoms. The molecule has 0 heterocycles. The van der Waals surface area contributed by atoms with E-state index in [0.29, 0.717) is 6.54 Å². The van der Waals surface area contributed by atoms with Crippen LogP contribution in [0.3, 0.4) is 0 Å². The third-order valence-corrected chi connectivity index (χ3v) is 3.26. The van der Waals surface area contributed by atoms with Crippen molar-refractivity contribution in [3.05, 3.63) is 71.5 Å². The zero-order valence-electron chi connectivity index (χ0n) is 12.0. The second-order valence-corrected chi connectivity index (χ2v) is 4.91. The molecule has 2 aromatic rings. The minimum atomic E-state index is -0.279. The van der Waals surface area contributed by atoms with Gasteiger partial charge in [-0.3, -0.25) is 0 Å². The fourth-order valence-corrected chi connectivity index (χ4v) is 2.05. The minimum absolute atomic E-state index is 0.165. The quantitative estimate of drug-likeness (QED) is 0.868. The van der Waals surface area contributed by atoms with Gasteiger partial charge in [-0.15, -0.1) is 0 Å². The van der Waals surface area contributed by atoms with Gasteiger partial charge in [0.1, 0.15) is 5.82 Å². The molecule has 0 fully saturated rings. The molecule has 4 heteroatoms. The van der Waals surface area contributed by atoms with E-state index in [0.717, 1.165) is 12.0 Å². The van der Waals surface area contributed by atoms with Gasteiger partial charge in [-0.05, 0) is 36.6 Å². The molecule has 1 atom stereocenters. The number of hydrogen-bond donors (Lipinski definition) is 2. The van der Waals surface area contributed by atoms with Crippen molar-refractivity contribution in [2.45, 2.75) is 19.4 Å². The lowest BCUT2D eigenvalue weighted by Gasteiger charge is -2.15. The molecule has 110 valence electrons. The summed E-state index contributed by atoms with van der Waals surface area (Å²) in [6.07, 6.45) is 0.791. The molecule has 0 aromatic heterocycles. The van der Waals surface area contributed by atoms with Gasteiger partial charge in [-0.1, -0.05) is 42.5 Å². The number of urea groups is 1. The highest BCUT2D eigenvalue weighted by molar-refractivity contribution is 5.74. The standard InChI is InChI=1S/C17H19FN2O/c1-13(15-7-9-16(18)10-8-15)20-17(21)19-12-11-14-5-3-2-4-6-14/h2-10,13H,11-12H2,1H3,(H2,19,20,21). The Morgan fingerprint density at radius 1 is 1.10 bits per heavy atom. The molecule has 0 saturated carbocycles. The van der Waals surface area contributed by atoms with Crippen LogP contribution in [0, 0.1) is 5.82 Å². The normalized spacial score (nSPS) is 11.7. The van der Waals surface area contributed by atoms with Crippen LogP contribution in [0.1, 0.15) is 24.1 Å². The zero-order valence-corrected chi connectivity index (χ0v) is 12.0. The summed E-state index contributed by atoms with van der Waals surface area (Å²) < 4.78 is 12.8. The van der Waals surface area contributed by atoms with Crippen molar-refractivity contribution in [3.63, 3.8) is 0 Å². The zero-order chi connectivity index (χ0) is 15.1. The summed E-state index contributed by atoms with van der Waals surface area (Å²) in [5.74, 6) is -0.279. The number of nitrogens with one attached hydrogen (secondary N) is 2. The van der Waals surface area contributed by atoms with Crippen LogP contribution in [0.4, 0.5) is 9.18 Å². The molecule has 2 amide bonds. The lowest BCUT2D eigenvalue weighted by molar-refractivity contribution is 0.238. The maximum absolute atomic E-state index is 12.8. The van der Waals surface area contributed by atoms with Crippen molar-refractivity contribution in [2.75, 3.05) is 6.54 Å². The van der Waals surface area contributed by atoms with Crippen molar-refractivity contribution < 1.29 is 9.18 Å². The monoisotopic (exact) mass is 286 g/mol. The first kappa shape index (κ1) is 15.0. The molecule has 2 N–H and O–H groups in total. The van der Waals surface area contributed by atoms with Crippen molar-refractivity contribution >= 4 is 6.03 Å². The van der Waals surface area contributed by atoms with E-state index in [1.54, 1.807) is 12.1 Å². The predicted molar refractivity (Wildman–Crippen MR) is 81.5 cm³/mol. The molecule has 3 nitrogen and oxygen atoms in total. The smallest absolute Gasteiger partial charge is 0.315 e. The van der Waals surface area contributed by atoms with Crippen LogP contribution < -0.4 is 10.6 Å². The first-order valence-electron chi connectivity index (χ1n) is 6.99. The Morgan fingerprint density at radius 2 is 1.76 bits per heavy atom. The van der Waals surface area contributed by atoms with Crippen LogP contribution in [0.2, 0.25) is 0 Å². The Labute approximate surface area is 124 Å². The van der Waals surface area contributed by atoms with E-state index >= 15 is 0 Å². The molecule has 0 radical (unpaired) electrons. The Hall–Kier alpha value is -2.36. The van der Waals surface area contributed by atoms with Gasteiger partial charge >= 0.3 is 6.03 Å². The van der Waals surface area contributed by atoms with Crippen LogP contribution in [0.25, 0.3) is 0 Å². The fourth-order valence-electron chi connectivity index (χ4n) is 2.05. The fraction of sp³-hybridized carbons (Fsp3) is 0.235. The third-order valence-electron chi connectivity index (χ3n) is 3.26. The molecule has 0 bridgehead atoms. The summed E-state index contributed by atoms with van der Waals surface area (Å²) in [5.41, 5.74) is 2.05. The van der Waals surface area contributed by atoms with Gasteiger partial charge in [0.05, 0.1) is 6.04 Å². The third kappa shape index (κ3) is 4.91. The molecule has 0 saturated heterocycles. The Bertz CT molecular complexity index is 569. The van der Waals surface area contributed by atoms with E-state index in [-0.39, 0.29) is 17.9 Å². The van der Waals surface area contributed by atoms with Crippen LogP contribution in [-0.2, 0) is 6.42 Å². The molecule has 0 spiro atoms. The highest BCUT2D eigenvalue weighted by Gasteiger charge is 2.08. The molecule has 0 aliphatic carbocycles. The van der Waals surface area contributed by atoms with E-state index in [1.165, 1.54) is 17.7 Å². The average molecular weight is 286 g/mol. The summed E-state index contributed by atoms with van der Waals surface area (Å²) >= 11 is 0. The SMILES string of the molecule is CC(NC(=O)NCCc1ccccc1)c1ccc(F)cc1. The molecule has 1 unspecified atom stereocenters. The minimum Gasteiger partial charge on any atom is -0.338 e. The Kier molecular flexibility index (Phi) is 5.32. The van der Waals surface area contributed by atoms with Gasteiger partial charge in [0, 0.05) is 6.54 Å². The molecule has 0 aliphatic rings. The number of hydrogen-bond acceptors (Lipinski definition) is 1. The summed E-state index contributed by atoms with van der Waals surface area (Å²) in [6, 6.07) is 15.7. The molecule has 0 aliphatic heterocycles. The summed E-state index contributed by atoms with van der Waals surface area (Å²) in [4.78, 5) is 11.8. The molecule has 2 rings (SSSR count). The predicted octanol–water partition coefficient (Wildman–Crippen LogP) is 3.43. The molecular formula is C17H19FN2O. The largest absolute Gasteiger partial charge is 0.338 e. The van der Waals surface area contributed by atoms with Gasteiger partial charge in [-0.2, -0.15) is 0 Å². The number of carbonyl (C=O) groups is 1. The summed E-state index contributed by atoms with van der Waals surface area (Å²) in [6.45, 7) is 2.44. The van der Waals surface area contributed by atoms with Gasteiger partial charge in [-0.25, -0.2) is 9.18 Å². The van der Waals surface area contributed by atoms with E-state index in [9.17, 15) is 9.18 Å². The average Bonchev–Trinajstić information content (AvgIpc) is 2.49. The Morgan fingerprint density at radius 3 is 2.43 bits per heavy atom. The number of carbonyl (C=O) groups excluding carboxylic acids is 1. The van der Waals surface area contributed by atoms with E-state index in [1.807, 2.05) is 37.3 Å². The van der Waals surface area contributed by atoms with E-state index < -0.39 is 0 Å². The maximum Gasteiger partial charge on any atom is 0.315 e. The second-order valence-electron chi connectivity index (χ2n) is 4.91. The summed E-state index contributed by atoms with van der Waals surface area (Å²) in [5, 5.41) is 5.65. The highest BCUT2D eigenvalue weighted by Crippen LogP contribution is 2.12. The number of benzene rings is 2. The lowest BCUT2D eigenvalue weighted by atomic mass is 10.1. The van der Waals surface area contributed by atoms with Crippen molar-refractivity contribution in [1.29, 1.82) is 0 Å². The van der Waals surface area contributed by atoms with Crippen LogP contribution >= 0.6 is 0 Å². The topological polar surface area (TPSA) is 41.1 Å². The maximum atomic E-state index is 12.8. The van der Waals surface area contributed by atoms with Gasteiger partial charge in [0.25, 0.3) is 0 Å². The first-order valence-corrected chi connectivity index (χ1v) is 6.99. The van der Waals surface area contributed by atoms with Gasteiger partial charge in [0.2, 0.25) is 0 Å². The molecular weight excluding hydrogens is 267 g/mol. The second kappa shape index (κ2) is 7.43. The highest BCUT2D eigenvalue weighted by atomic mass is 19.1. The number of amides is 2. The van der Waals surface area contributed by atoms with Crippen molar-refractivity contribution in [1.82, 2.24) is 10.6 Å². The van der Waals surface area contributed by atoms with Gasteiger partial charge < -0.3 is 10.6 Å². The van der Waals surface area contributed by atoms with Crippen LogP contribution in [0.5, 0.6) is 0 Å².